The van der Waals surface area contributed by atoms with E-state index in [-0.39, 0.29) is 23.8 Å². The average molecular weight is 343 g/mol. The first-order valence-electron chi connectivity index (χ1n) is 8.18. The molecule has 0 radical (unpaired) electrons. The van der Waals surface area contributed by atoms with Crippen molar-refractivity contribution >= 4 is 23.2 Å². The van der Waals surface area contributed by atoms with Gasteiger partial charge in [0.15, 0.2) is 0 Å². The van der Waals surface area contributed by atoms with E-state index in [0.717, 1.165) is 29.8 Å². The van der Waals surface area contributed by atoms with Gasteiger partial charge in [0.05, 0.1) is 16.8 Å². The number of hydrogen-bond acceptors (Lipinski definition) is 4. The Morgan fingerprint density at radius 1 is 1.38 bits per heavy atom. The van der Waals surface area contributed by atoms with Crippen molar-refractivity contribution in [3.63, 3.8) is 0 Å². The van der Waals surface area contributed by atoms with Crippen LogP contribution in [0.1, 0.15) is 41.0 Å². The van der Waals surface area contributed by atoms with Crippen molar-refractivity contribution in [2.75, 3.05) is 13.1 Å². The zero-order chi connectivity index (χ0) is 16.9. The molecule has 0 aromatic carbocycles. The van der Waals surface area contributed by atoms with Crippen molar-refractivity contribution in [1.82, 2.24) is 15.2 Å². The molecule has 2 aromatic heterocycles. The van der Waals surface area contributed by atoms with Crippen molar-refractivity contribution in [3.05, 3.63) is 52.5 Å². The minimum Gasteiger partial charge on any atom is -0.349 e. The lowest BCUT2D eigenvalue weighted by Crippen LogP contribution is -2.45. The van der Waals surface area contributed by atoms with Crippen LogP contribution >= 0.6 is 11.3 Å². The number of nitrogens with zero attached hydrogens (tertiary/aromatic N) is 2. The SMILES string of the molecule is C[C@@H](NC(=O)[C@@H]1CCCN(C(=O)c2cccs2)C1)c1cccnc1. The number of nitrogens with one attached hydrogen (secondary N) is 1. The van der Waals surface area contributed by atoms with Gasteiger partial charge in [-0.3, -0.25) is 14.6 Å². The lowest BCUT2D eigenvalue weighted by molar-refractivity contribution is -0.127. The Morgan fingerprint density at radius 2 is 2.25 bits per heavy atom. The number of carbonyl (C=O) groups is 2. The summed E-state index contributed by atoms with van der Waals surface area (Å²) < 4.78 is 0. The minimum absolute atomic E-state index is 0.00929. The van der Waals surface area contributed by atoms with Gasteiger partial charge in [-0.1, -0.05) is 12.1 Å². The number of likely N-dealkylation sites (tertiary alicyclic amines) is 1. The lowest BCUT2D eigenvalue weighted by atomic mass is 9.96. The van der Waals surface area contributed by atoms with Gasteiger partial charge in [-0.2, -0.15) is 0 Å². The number of amides is 2. The first-order chi connectivity index (χ1) is 11.6. The van der Waals surface area contributed by atoms with Crippen LogP contribution in [-0.4, -0.2) is 34.8 Å². The topological polar surface area (TPSA) is 62.3 Å². The van der Waals surface area contributed by atoms with Crippen LogP contribution in [0.15, 0.2) is 42.0 Å². The van der Waals surface area contributed by atoms with Crippen LogP contribution in [0, 0.1) is 5.92 Å². The molecular weight excluding hydrogens is 322 g/mol. The average Bonchev–Trinajstić information content (AvgIpc) is 3.16. The summed E-state index contributed by atoms with van der Waals surface area (Å²) in [6.45, 7) is 3.16. The van der Waals surface area contributed by atoms with Gasteiger partial charge < -0.3 is 10.2 Å². The Balaban J connectivity index is 1.60. The van der Waals surface area contributed by atoms with E-state index in [2.05, 4.69) is 10.3 Å². The smallest absolute Gasteiger partial charge is 0.263 e. The molecule has 0 unspecified atom stereocenters. The Morgan fingerprint density at radius 3 is 2.96 bits per heavy atom. The van der Waals surface area contributed by atoms with E-state index in [1.807, 2.05) is 36.6 Å². The molecule has 0 spiro atoms. The Bertz CT molecular complexity index is 688. The van der Waals surface area contributed by atoms with Crippen LogP contribution in [0.4, 0.5) is 0 Å². The van der Waals surface area contributed by atoms with Crippen molar-refractivity contribution < 1.29 is 9.59 Å². The highest BCUT2D eigenvalue weighted by Crippen LogP contribution is 2.21. The second kappa shape index (κ2) is 7.57. The molecule has 3 heterocycles. The predicted octanol–water partition coefficient (Wildman–Crippen LogP) is 2.87. The maximum absolute atomic E-state index is 12.6. The number of hydrogen-bond donors (Lipinski definition) is 1. The first kappa shape index (κ1) is 16.6. The number of aromatic nitrogens is 1. The third-order valence-electron chi connectivity index (χ3n) is 4.35. The van der Waals surface area contributed by atoms with E-state index in [1.54, 1.807) is 17.3 Å². The summed E-state index contributed by atoms with van der Waals surface area (Å²) in [4.78, 5) is 31.7. The fraction of sp³-hybridized carbons (Fsp3) is 0.389. The highest BCUT2D eigenvalue weighted by atomic mass is 32.1. The molecule has 5 nitrogen and oxygen atoms in total. The summed E-state index contributed by atoms with van der Waals surface area (Å²) in [6, 6.07) is 7.43. The fourth-order valence-electron chi connectivity index (χ4n) is 2.98. The van der Waals surface area contributed by atoms with Crippen molar-refractivity contribution in [2.45, 2.75) is 25.8 Å². The number of pyridine rings is 1. The molecule has 2 aromatic rings. The van der Waals surface area contributed by atoms with Gasteiger partial charge in [0, 0.05) is 25.5 Å². The highest BCUT2D eigenvalue weighted by molar-refractivity contribution is 7.12. The zero-order valence-electron chi connectivity index (χ0n) is 13.6. The largest absolute Gasteiger partial charge is 0.349 e. The second-order valence-corrected chi connectivity index (χ2v) is 7.03. The summed E-state index contributed by atoms with van der Waals surface area (Å²) in [5.74, 6) is -0.111. The summed E-state index contributed by atoms with van der Waals surface area (Å²) in [5, 5.41) is 4.95. The molecule has 2 amide bonds. The number of carbonyl (C=O) groups excluding carboxylic acids is 2. The molecule has 1 aliphatic heterocycles. The fourth-order valence-corrected chi connectivity index (χ4v) is 3.67. The molecule has 126 valence electrons. The normalized spacial score (nSPS) is 18.9. The third-order valence-corrected chi connectivity index (χ3v) is 5.21. The highest BCUT2D eigenvalue weighted by Gasteiger charge is 2.29. The maximum atomic E-state index is 12.6. The van der Waals surface area contributed by atoms with Gasteiger partial charge in [0.25, 0.3) is 5.91 Å². The minimum atomic E-state index is -0.151. The van der Waals surface area contributed by atoms with Crippen LogP contribution in [0.2, 0.25) is 0 Å². The van der Waals surface area contributed by atoms with E-state index in [4.69, 9.17) is 0 Å². The van der Waals surface area contributed by atoms with Gasteiger partial charge >= 0.3 is 0 Å². The van der Waals surface area contributed by atoms with Crippen molar-refractivity contribution in [2.24, 2.45) is 5.92 Å². The van der Waals surface area contributed by atoms with Crippen molar-refractivity contribution in [1.29, 1.82) is 0 Å². The van der Waals surface area contributed by atoms with Gasteiger partial charge in [0.2, 0.25) is 5.91 Å². The van der Waals surface area contributed by atoms with E-state index < -0.39 is 0 Å². The predicted molar refractivity (Wildman–Crippen MR) is 93.7 cm³/mol. The number of rotatable bonds is 4. The molecule has 6 heteroatoms. The molecule has 0 aliphatic carbocycles. The van der Waals surface area contributed by atoms with E-state index in [1.165, 1.54) is 11.3 Å². The number of thiophene rings is 1. The van der Waals surface area contributed by atoms with Gasteiger partial charge in [-0.15, -0.1) is 11.3 Å². The third kappa shape index (κ3) is 3.82. The molecule has 1 aliphatic rings. The Kier molecular flexibility index (Phi) is 5.25. The summed E-state index contributed by atoms with van der Waals surface area (Å²) in [7, 11) is 0. The monoisotopic (exact) mass is 343 g/mol. The van der Waals surface area contributed by atoms with Gasteiger partial charge in [-0.25, -0.2) is 0 Å². The maximum Gasteiger partial charge on any atom is 0.263 e. The van der Waals surface area contributed by atoms with Crippen molar-refractivity contribution in [3.8, 4) is 0 Å². The second-order valence-electron chi connectivity index (χ2n) is 6.08. The standard InChI is InChI=1S/C18H21N3O2S/c1-13(14-5-2-8-19-11-14)20-17(22)15-6-3-9-21(12-15)18(23)16-7-4-10-24-16/h2,4-5,7-8,10-11,13,15H,3,6,9,12H2,1H3,(H,20,22)/t13-,15-/m1/s1. The van der Waals surface area contributed by atoms with Crippen LogP contribution in [0.25, 0.3) is 0 Å². The molecule has 3 rings (SSSR count). The zero-order valence-corrected chi connectivity index (χ0v) is 14.5. The van der Waals surface area contributed by atoms with E-state index in [0.29, 0.717) is 6.54 Å². The van der Waals surface area contributed by atoms with Crippen LogP contribution < -0.4 is 5.32 Å². The van der Waals surface area contributed by atoms with E-state index in [9.17, 15) is 9.59 Å². The molecule has 0 bridgehead atoms. The van der Waals surface area contributed by atoms with Crippen LogP contribution in [-0.2, 0) is 4.79 Å². The quantitative estimate of drug-likeness (QED) is 0.928. The molecular formula is C18H21N3O2S. The van der Waals surface area contributed by atoms with Gasteiger partial charge in [0.1, 0.15) is 0 Å². The molecule has 1 N–H and O–H groups in total. The molecule has 0 saturated carbocycles. The Labute approximate surface area is 145 Å². The molecule has 24 heavy (non-hydrogen) atoms. The van der Waals surface area contributed by atoms with Gasteiger partial charge in [-0.05, 0) is 42.8 Å². The van der Waals surface area contributed by atoms with E-state index >= 15 is 0 Å². The van der Waals surface area contributed by atoms with Crippen LogP contribution in [0.3, 0.4) is 0 Å². The molecule has 1 saturated heterocycles. The summed E-state index contributed by atoms with van der Waals surface area (Å²) in [6.07, 6.45) is 5.15. The molecule has 1 fully saturated rings. The number of piperidine rings is 1. The summed E-state index contributed by atoms with van der Waals surface area (Å²) in [5.41, 5.74) is 0.980. The Hall–Kier alpha value is -2.21. The molecule has 2 atom stereocenters. The lowest BCUT2D eigenvalue weighted by Gasteiger charge is -2.32. The first-order valence-corrected chi connectivity index (χ1v) is 9.06. The summed E-state index contributed by atoms with van der Waals surface area (Å²) >= 11 is 1.44. The van der Waals surface area contributed by atoms with Crippen LogP contribution in [0.5, 0.6) is 0 Å².